The lowest BCUT2D eigenvalue weighted by molar-refractivity contribution is 0.0780. The molecule has 3 aromatic rings. The number of alkyl halides is 4. The molecular formula is C17H16F4N4O4S. The Morgan fingerprint density at radius 3 is 2.37 bits per heavy atom. The molecule has 0 spiro atoms. The van der Waals surface area contributed by atoms with E-state index in [-0.39, 0.29) is 33.9 Å². The van der Waals surface area contributed by atoms with E-state index in [1.165, 1.54) is 38.6 Å². The fraction of sp³-hybridized carbons (Fsp3) is 0.294. The van der Waals surface area contributed by atoms with E-state index in [0.29, 0.717) is 10.9 Å². The van der Waals surface area contributed by atoms with Gasteiger partial charge in [-0.05, 0) is 6.07 Å². The van der Waals surface area contributed by atoms with Gasteiger partial charge in [-0.25, -0.2) is 21.8 Å². The van der Waals surface area contributed by atoms with Gasteiger partial charge in [-0.3, -0.25) is 4.72 Å². The zero-order chi connectivity index (χ0) is 21.8. The Balaban J connectivity index is 1.88. The van der Waals surface area contributed by atoms with E-state index in [0.717, 1.165) is 0 Å². The number of benzene rings is 1. The number of nitrogens with one attached hydrogen (secondary N) is 2. The molecule has 3 rings (SSSR count). The summed E-state index contributed by atoms with van der Waals surface area (Å²) in [6.45, 7) is -0.926. The van der Waals surface area contributed by atoms with E-state index >= 15 is 0 Å². The van der Waals surface area contributed by atoms with Crippen LogP contribution in [0.5, 0.6) is 17.5 Å². The normalized spacial score (nSPS) is 12.4. The second-order valence-electron chi connectivity index (χ2n) is 5.73. The quantitative estimate of drug-likeness (QED) is 0.485. The molecule has 2 N–H and O–H groups in total. The molecule has 1 unspecified atom stereocenters. The average molecular weight is 448 g/mol. The number of halogens is 4. The summed E-state index contributed by atoms with van der Waals surface area (Å²) < 4.78 is 80.9. The van der Waals surface area contributed by atoms with E-state index in [2.05, 4.69) is 19.7 Å². The maximum atomic E-state index is 12.8. The van der Waals surface area contributed by atoms with E-state index < -0.39 is 30.4 Å². The summed E-state index contributed by atoms with van der Waals surface area (Å²) in [5, 5.41) is 0.459. The largest absolute Gasteiger partial charge is 0.478 e. The summed E-state index contributed by atoms with van der Waals surface area (Å²) in [7, 11) is 0.569. The van der Waals surface area contributed by atoms with Gasteiger partial charge < -0.3 is 19.2 Å². The Morgan fingerprint density at radius 1 is 1.13 bits per heavy atom. The van der Waals surface area contributed by atoms with Gasteiger partial charge in [0.25, 0.3) is 24.6 Å². The number of ether oxygens (including phenoxy) is 3. The van der Waals surface area contributed by atoms with Crippen LogP contribution in [0, 0.1) is 0 Å². The molecule has 0 aliphatic carbocycles. The molecule has 13 heteroatoms. The molecule has 2 aromatic heterocycles. The van der Waals surface area contributed by atoms with Crippen LogP contribution in [0.1, 0.15) is 12.0 Å². The lowest BCUT2D eigenvalue weighted by atomic mass is 10.2. The lowest BCUT2D eigenvalue weighted by Crippen LogP contribution is -2.13. The molecule has 0 amide bonds. The van der Waals surface area contributed by atoms with Crippen LogP contribution in [0.2, 0.25) is 0 Å². The van der Waals surface area contributed by atoms with Crippen molar-refractivity contribution in [3.8, 4) is 17.5 Å². The zero-order valence-corrected chi connectivity index (χ0v) is 16.4. The number of aromatic amines is 1. The minimum absolute atomic E-state index is 0.174. The third kappa shape index (κ3) is 4.56. The molecule has 0 bridgehead atoms. The number of aromatic nitrogens is 3. The van der Waals surface area contributed by atoms with Gasteiger partial charge in [0.15, 0.2) is 11.0 Å². The van der Waals surface area contributed by atoms with Crippen molar-refractivity contribution in [2.45, 2.75) is 17.7 Å². The number of nitrogens with zero attached hydrogens (tertiary/aromatic N) is 2. The summed E-state index contributed by atoms with van der Waals surface area (Å²) in [6, 6.07) is 3.92. The fourth-order valence-electron chi connectivity index (χ4n) is 2.55. The molecule has 0 saturated heterocycles. The van der Waals surface area contributed by atoms with Crippen molar-refractivity contribution in [2.75, 3.05) is 25.5 Å². The number of methoxy groups -OCH3 is 2. The predicted octanol–water partition coefficient (Wildman–Crippen LogP) is 3.69. The highest BCUT2D eigenvalue weighted by Gasteiger charge is 2.21. The molecule has 8 nitrogen and oxygen atoms in total. The zero-order valence-electron chi connectivity index (χ0n) is 15.6. The van der Waals surface area contributed by atoms with Crippen molar-refractivity contribution in [3.05, 3.63) is 30.0 Å². The SMILES string of the molecule is COc1nc(NS(=O)c2c[nH]c3cc(C(F)F)ccc23)nc(OC)c1OCC(F)F. The van der Waals surface area contributed by atoms with Gasteiger partial charge in [-0.1, -0.05) is 12.1 Å². The van der Waals surface area contributed by atoms with Crippen LogP contribution in [-0.2, 0) is 11.0 Å². The number of H-pyrrole nitrogens is 1. The molecule has 0 aliphatic rings. The lowest BCUT2D eigenvalue weighted by Gasteiger charge is -2.14. The maximum Gasteiger partial charge on any atom is 0.272 e. The summed E-state index contributed by atoms with van der Waals surface area (Å²) in [5.74, 6) is -0.835. The van der Waals surface area contributed by atoms with Crippen LogP contribution < -0.4 is 18.9 Å². The summed E-state index contributed by atoms with van der Waals surface area (Å²) >= 11 is 0. The highest BCUT2D eigenvalue weighted by molar-refractivity contribution is 7.86. The third-order valence-corrected chi connectivity index (χ3v) is 4.95. The molecule has 2 heterocycles. The van der Waals surface area contributed by atoms with Crippen molar-refractivity contribution in [1.82, 2.24) is 15.0 Å². The van der Waals surface area contributed by atoms with Gasteiger partial charge in [0, 0.05) is 22.7 Å². The Bertz CT molecular complexity index is 1040. The van der Waals surface area contributed by atoms with Crippen molar-refractivity contribution in [1.29, 1.82) is 0 Å². The Kier molecular flexibility index (Phi) is 6.59. The number of rotatable bonds is 9. The molecule has 1 atom stereocenters. The number of fused-ring (bicyclic) bond motifs is 1. The van der Waals surface area contributed by atoms with Gasteiger partial charge in [-0.15, -0.1) is 0 Å². The van der Waals surface area contributed by atoms with Crippen molar-refractivity contribution in [2.24, 2.45) is 0 Å². The molecule has 1 aromatic carbocycles. The monoisotopic (exact) mass is 448 g/mol. The van der Waals surface area contributed by atoms with Crippen LogP contribution in [0.25, 0.3) is 10.9 Å². The van der Waals surface area contributed by atoms with Crippen LogP contribution in [0.4, 0.5) is 23.5 Å². The standard InChI is InChI=1S/C17H16F4N4O4S/c1-27-15-13(29-7-12(18)19)16(28-2)24-17(23-15)25-30(26)11-6-22-10-5-8(14(20)21)3-4-9(10)11/h3-6,12,14,22H,7H2,1-2H3,(H,23,24,25). The van der Waals surface area contributed by atoms with E-state index in [9.17, 15) is 21.8 Å². The molecule has 0 radical (unpaired) electrons. The Labute approximate surface area is 170 Å². The molecule has 0 fully saturated rings. The first-order chi connectivity index (χ1) is 14.3. The highest BCUT2D eigenvalue weighted by Crippen LogP contribution is 2.36. The third-order valence-electron chi connectivity index (χ3n) is 3.85. The smallest absolute Gasteiger partial charge is 0.272 e. The van der Waals surface area contributed by atoms with Gasteiger partial charge in [0.1, 0.15) is 6.61 Å². The first-order valence-electron chi connectivity index (χ1n) is 8.32. The average Bonchev–Trinajstić information content (AvgIpc) is 3.15. The van der Waals surface area contributed by atoms with Crippen LogP contribution in [0.3, 0.4) is 0 Å². The Morgan fingerprint density at radius 2 is 1.80 bits per heavy atom. The van der Waals surface area contributed by atoms with Gasteiger partial charge >= 0.3 is 0 Å². The second kappa shape index (κ2) is 9.15. The second-order valence-corrected chi connectivity index (χ2v) is 6.91. The van der Waals surface area contributed by atoms with Gasteiger partial charge in [0.2, 0.25) is 11.7 Å². The van der Waals surface area contributed by atoms with Gasteiger partial charge in [0.05, 0.1) is 19.1 Å². The minimum atomic E-state index is -2.74. The Hall–Kier alpha value is -3.09. The summed E-state index contributed by atoms with van der Waals surface area (Å²) in [6.07, 6.45) is -3.97. The van der Waals surface area contributed by atoms with Crippen molar-refractivity contribution < 1.29 is 36.0 Å². The minimum Gasteiger partial charge on any atom is -0.478 e. The van der Waals surface area contributed by atoms with Crippen LogP contribution >= 0.6 is 0 Å². The maximum absolute atomic E-state index is 12.8. The first-order valence-corrected chi connectivity index (χ1v) is 9.47. The van der Waals surface area contributed by atoms with E-state index in [1.807, 2.05) is 0 Å². The fourth-order valence-corrected chi connectivity index (χ4v) is 3.46. The van der Waals surface area contributed by atoms with Crippen molar-refractivity contribution in [3.63, 3.8) is 0 Å². The van der Waals surface area contributed by atoms with E-state index in [1.54, 1.807) is 0 Å². The predicted molar refractivity (Wildman–Crippen MR) is 99.9 cm³/mol. The number of anilines is 1. The molecule has 30 heavy (non-hydrogen) atoms. The summed E-state index contributed by atoms with van der Waals surface area (Å²) in [5.41, 5.74) is 0.205. The topological polar surface area (TPSA) is 98.4 Å². The summed E-state index contributed by atoms with van der Waals surface area (Å²) in [4.78, 5) is 10.9. The highest BCUT2D eigenvalue weighted by atomic mass is 32.2. The molecule has 0 saturated carbocycles. The van der Waals surface area contributed by atoms with Crippen LogP contribution in [-0.4, -0.2) is 46.4 Å². The van der Waals surface area contributed by atoms with Gasteiger partial charge in [-0.2, -0.15) is 9.97 Å². The molecule has 162 valence electrons. The van der Waals surface area contributed by atoms with Crippen LogP contribution in [0.15, 0.2) is 29.3 Å². The van der Waals surface area contributed by atoms with Crippen molar-refractivity contribution >= 4 is 27.8 Å². The number of hydrogen-bond donors (Lipinski definition) is 2. The molecular weight excluding hydrogens is 432 g/mol. The number of hydrogen-bond acceptors (Lipinski definition) is 6. The van der Waals surface area contributed by atoms with E-state index in [4.69, 9.17) is 14.2 Å². The first kappa shape index (κ1) is 21.6. The molecule has 0 aliphatic heterocycles.